The smallest absolute Gasteiger partial charge is 0.258 e. The van der Waals surface area contributed by atoms with Gasteiger partial charge in [-0.05, 0) is 54.4 Å². The molecule has 1 aromatic heterocycles. The maximum atomic E-state index is 13.0. The molecule has 2 heterocycles. The third-order valence-electron chi connectivity index (χ3n) is 5.61. The lowest BCUT2D eigenvalue weighted by atomic mass is 10.1. The van der Waals surface area contributed by atoms with Crippen molar-refractivity contribution in [3.05, 3.63) is 83.0 Å². The van der Waals surface area contributed by atoms with Gasteiger partial charge in [-0.1, -0.05) is 29.8 Å². The molecular weight excluding hydrogens is 468 g/mol. The molecule has 35 heavy (non-hydrogen) atoms. The van der Waals surface area contributed by atoms with E-state index in [1.54, 1.807) is 43.5 Å². The first-order valence-electron chi connectivity index (χ1n) is 11.0. The highest BCUT2D eigenvalue weighted by Crippen LogP contribution is 2.32. The van der Waals surface area contributed by atoms with E-state index in [2.05, 4.69) is 26.7 Å². The minimum absolute atomic E-state index is 0.136. The molecule has 0 bridgehead atoms. The van der Waals surface area contributed by atoms with Crippen LogP contribution in [-0.4, -0.2) is 37.3 Å². The van der Waals surface area contributed by atoms with Gasteiger partial charge in [-0.15, -0.1) is 0 Å². The molecule has 0 saturated carbocycles. The van der Waals surface area contributed by atoms with Crippen molar-refractivity contribution in [2.75, 3.05) is 25.8 Å². The predicted molar refractivity (Wildman–Crippen MR) is 136 cm³/mol. The number of hydrogen-bond donors (Lipinski definition) is 3. The van der Waals surface area contributed by atoms with Crippen molar-refractivity contribution in [2.45, 2.75) is 6.42 Å². The molecule has 178 valence electrons. The molecule has 5 rings (SSSR count). The minimum Gasteiger partial charge on any atom is -0.495 e. The van der Waals surface area contributed by atoms with Crippen molar-refractivity contribution >= 4 is 40.1 Å². The Bertz CT molecular complexity index is 1420. The summed E-state index contributed by atoms with van der Waals surface area (Å²) in [5, 5.41) is 7.69. The normalized spacial score (nSPS) is 12.6. The Morgan fingerprint density at radius 3 is 2.86 bits per heavy atom. The summed E-state index contributed by atoms with van der Waals surface area (Å²) in [6.45, 7) is 0.575. The zero-order valence-corrected chi connectivity index (χ0v) is 19.7. The molecular formula is C26H23ClN4O4. The molecule has 3 aromatic carbocycles. The Balaban J connectivity index is 1.38. The Morgan fingerprint density at radius 2 is 1.97 bits per heavy atom. The molecule has 0 spiro atoms. The van der Waals surface area contributed by atoms with Crippen LogP contribution in [0.3, 0.4) is 0 Å². The number of nitrogens with zero attached hydrogens (tertiary/aromatic N) is 1. The number of nitrogens with one attached hydrogen (secondary N) is 3. The second kappa shape index (κ2) is 9.99. The number of fused-ring (bicyclic) bond motifs is 2. The number of ether oxygens (including phenoxy) is 3. The molecule has 0 unspecified atom stereocenters. The van der Waals surface area contributed by atoms with Crippen LogP contribution in [0.4, 0.5) is 5.69 Å². The number of benzene rings is 3. The molecule has 1 aliphatic heterocycles. The molecule has 9 heteroatoms. The van der Waals surface area contributed by atoms with Crippen molar-refractivity contribution < 1.29 is 19.0 Å². The molecule has 0 atom stereocenters. The Labute approximate surface area is 206 Å². The van der Waals surface area contributed by atoms with E-state index in [0.29, 0.717) is 46.5 Å². The monoisotopic (exact) mass is 490 g/mol. The van der Waals surface area contributed by atoms with Crippen LogP contribution < -0.4 is 24.8 Å². The summed E-state index contributed by atoms with van der Waals surface area (Å²) < 4.78 is 16.2. The van der Waals surface area contributed by atoms with Gasteiger partial charge < -0.3 is 24.5 Å². The van der Waals surface area contributed by atoms with Gasteiger partial charge in [-0.2, -0.15) is 0 Å². The van der Waals surface area contributed by atoms with Crippen LogP contribution in [-0.2, 0) is 6.42 Å². The fraction of sp³-hybridized carbons (Fsp3) is 0.154. The summed E-state index contributed by atoms with van der Waals surface area (Å²) in [5.74, 6) is 1.63. The quantitative estimate of drug-likeness (QED) is 0.261. The van der Waals surface area contributed by atoms with Crippen LogP contribution in [0.15, 0.2) is 71.9 Å². The summed E-state index contributed by atoms with van der Waals surface area (Å²) in [5.41, 5.74) is 3.21. The number of aromatic nitrogens is 1. The molecule has 0 radical (unpaired) electrons. The second-order valence-corrected chi connectivity index (χ2v) is 8.27. The van der Waals surface area contributed by atoms with Gasteiger partial charge in [-0.25, -0.2) is 0 Å². The summed E-state index contributed by atoms with van der Waals surface area (Å²) in [4.78, 5) is 21.0. The Kier molecular flexibility index (Phi) is 6.45. The second-order valence-electron chi connectivity index (χ2n) is 7.83. The SMILES string of the molecule is COc1ccc(Cl)cc1NC(=NCCc1c[nH]c2ccccc12)NC(=O)c1ccc2c(c1)OCO2. The van der Waals surface area contributed by atoms with E-state index in [4.69, 9.17) is 25.8 Å². The number of anilines is 1. The van der Waals surface area contributed by atoms with Crippen molar-refractivity contribution in [2.24, 2.45) is 4.99 Å². The van der Waals surface area contributed by atoms with E-state index in [1.165, 1.54) is 0 Å². The predicted octanol–water partition coefficient (Wildman–Crippen LogP) is 5.00. The van der Waals surface area contributed by atoms with Crippen LogP contribution in [0, 0.1) is 0 Å². The number of aliphatic imine (C=N–C) groups is 1. The van der Waals surface area contributed by atoms with Crippen LogP contribution in [0.1, 0.15) is 15.9 Å². The van der Waals surface area contributed by atoms with Crippen LogP contribution in [0.5, 0.6) is 17.2 Å². The minimum atomic E-state index is -0.345. The lowest BCUT2D eigenvalue weighted by Gasteiger charge is -2.15. The molecule has 3 N–H and O–H groups in total. The van der Waals surface area contributed by atoms with Gasteiger partial charge in [0.15, 0.2) is 11.5 Å². The van der Waals surface area contributed by atoms with Crippen molar-refractivity contribution in [1.29, 1.82) is 0 Å². The van der Waals surface area contributed by atoms with E-state index >= 15 is 0 Å². The van der Waals surface area contributed by atoms with E-state index < -0.39 is 0 Å². The van der Waals surface area contributed by atoms with E-state index in [-0.39, 0.29) is 18.7 Å². The zero-order chi connectivity index (χ0) is 24.2. The van der Waals surface area contributed by atoms with Crippen molar-refractivity contribution in [1.82, 2.24) is 10.3 Å². The standard InChI is InChI=1S/C26H23ClN4O4/c1-33-22-9-7-18(27)13-21(22)30-26(28-11-10-17-14-29-20-5-3-2-4-19(17)20)31-25(32)16-6-8-23-24(12-16)35-15-34-23/h2-9,12-14,29H,10-11,15H2,1H3,(H2,28,30,31,32). The fourth-order valence-corrected chi connectivity index (χ4v) is 4.03. The van der Waals surface area contributed by atoms with Gasteiger partial charge in [0.25, 0.3) is 5.91 Å². The highest BCUT2D eigenvalue weighted by molar-refractivity contribution is 6.31. The van der Waals surface area contributed by atoms with E-state index in [9.17, 15) is 4.79 Å². The van der Waals surface area contributed by atoms with Gasteiger partial charge >= 0.3 is 0 Å². The number of hydrogen-bond acceptors (Lipinski definition) is 5. The van der Waals surface area contributed by atoms with Gasteiger partial charge in [-0.3, -0.25) is 15.1 Å². The third kappa shape index (κ3) is 5.02. The number of para-hydroxylation sites is 1. The average Bonchev–Trinajstić information content (AvgIpc) is 3.51. The van der Waals surface area contributed by atoms with Crippen LogP contribution in [0.25, 0.3) is 10.9 Å². The number of halogens is 1. The third-order valence-corrected chi connectivity index (χ3v) is 5.84. The van der Waals surface area contributed by atoms with E-state index in [1.807, 2.05) is 24.4 Å². The number of carbonyl (C=O) groups is 1. The van der Waals surface area contributed by atoms with Gasteiger partial charge in [0.05, 0.1) is 12.8 Å². The van der Waals surface area contributed by atoms with E-state index in [0.717, 1.165) is 16.5 Å². The molecule has 1 amide bonds. The number of amides is 1. The fourth-order valence-electron chi connectivity index (χ4n) is 3.86. The maximum absolute atomic E-state index is 13.0. The summed E-state index contributed by atoms with van der Waals surface area (Å²) in [6.07, 6.45) is 2.67. The van der Waals surface area contributed by atoms with Gasteiger partial charge in [0.2, 0.25) is 12.8 Å². The van der Waals surface area contributed by atoms with Crippen molar-refractivity contribution in [3.8, 4) is 17.2 Å². The average molecular weight is 491 g/mol. The Morgan fingerprint density at radius 1 is 1.11 bits per heavy atom. The number of aromatic amines is 1. The number of H-pyrrole nitrogens is 1. The summed E-state index contributed by atoms with van der Waals surface area (Å²) in [6, 6.07) is 18.3. The molecule has 0 aliphatic carbocycles. The molecule has 0 saturated heterocycles. The largest absolute Gasteiger partial charge is 0.495 e. The highest BCUT2D eigenvalue weighted by atomic mass is 35.5. The lowest BCUT2D eigenvalue weighted by molar-refractivity contribution is 0.0976. The molecule has 0 fully saturated rings. The van der Waals surface area contributed by atoms with Crippen LogP contribution >= 0.6 is 11.6 Å². The van der Waals surface area contributed by atoms with Crippen molar-refractivity contribution in [3.63, 3.8) is 0 Å². The highest BCUT2D eigenvalue weighted by Gasteiger charge is 2.18. The molecule has 8 nitrogen and oxygen atoms in total. The number of carbonyl (C=O) groups excluding carboxylic acids is 1. The maximum Gasteiger partial charge on any atom is 0.258 e. The number of guanidine groups is 1. The van der Waals surface area contributed by atoms with Gasteiger partial charge in [0, 0.05) is 34.2 Å². The lowest BCUT2D eigenvalue weighted by Crippen LogP contribution is -2.36. The first-order valence-corrected chi connectivity index (χ1v) is 11.4. The topological polar surface area (TPSA) is 97.0 Å². The summed E-state index contributed by atoms with van der Waals surface area (Å²) in [7, 11) is 1.56. The number of rotatable bonds is 6. The Hall–Kier alpha value is -4.17. The zero-order valence-electron chi connectivity index (χ0n) is 18.9. The van der Waals surface area contributed by atoms with Gasteiger partial charge in [0.1, 0.15) is 5.75 Å². The van der Waals surface area contributed by atoms with Crippen LogP contribution in [0.2, 0.25) is 5.02 Å². The first kappa shape index (κ1) is 22.6. The summed E-state index contributed by atoms with van der Waals surface area (Å²) >= 11 is 6.19. The number of methoxy groups -OCH3 is 1. The first-order chi connectivity index (χ1) is 17.1. The molecule has 1 aliphatic rings. The molecule has 4 aromatic rings.